The summed E-state index contributed by atoms with van der Waals surface area (Å²) in [4.78, 5) is 38.9. The third-order valence-electron chi connectivity index (χ3n) is 5.09. The summed E-state index contributed by atoms with van der Waals surface area (Å²) in [5.74, 6) is -2.47. The second-order valence-corrected chi connectivity index (χ2v) is 7.58. The van der Waals surface area contributed by atoms with Gasteiger partial charge >= 0.3 is 5.97 Å². The van der Waals surface area contributed by atoms with Crippen molar-refractivity contribution < 1.29 is 28.6 Å². The van der Waals surface area contributed by atoms with E-state index >= 15 is 0 Å². The van der Waals surface area contributed by atoms with Gasteiger partial charge in [-0.1, -0.05) is 13.8 Å². The molecule has 2 unspecified atom stereocenters. The molecule has 0 aromatic heterocycles. The first-order valence-corrected chi connectivity index (χ1v) is 9.28. The van der Waals surface area contributed by atoms with Crippen LogP contribution < -0.4 is 5.32 Å². The maximum absolute atomic E-state index is 13.1. The highest BCUT2D eigenvalue weighted by atomic mass is 19.1. The van der Waals surface area contributed by atoms with E-state index in [1.807, 2.05) is 0 Å². The number of rotatable bonds is 7. The number of hydrogen-bond acceptors (Lipinski definition) is 4. The number of halogens is 1. The van der Waals surface area contributed by atoms with Gasteiger partial charge in [-0.15, -0.1) is 0 Å². The topological polar surface area (TPSA) is 95.9 Å². The molecule has 1 heterocycles. The van der Waals surface area contributed by atoms with Crippen LogP contribution in [0.4, 0.5) is 4.39 Å². The number of carbonyl (C=O) groups is 3. The van der Waals surface area contributed by atoms with Crippen molar-refractivity contribution >= 4 is 17.8 Å². The molecule has 2 atom stereocenters. The Balaban J connectivity index is 2.16. The van der Waals surface area contributed by atoms with E-state index in [1.54, 1.807) is 13.8 Å². The van der Waals surface area contributed by atoms with Crippen LogP contribution in [0.1, 0.15) is 37.0 Å². The number of carbonyl (C=O) groups excluding carboxylic acids is 2. The van der Waals surface area contributed by atoms with E-state index in [4.69, 9.17) is 4.74 Å². The van der Waals surface area contributed by atoms with Crippen molar-refractivity contribution in [2.75, 3.05) is 26.8 Å². The summed E-state index contributed by atoms with van der Waals surface area (Å²) in [5.41, 5.74) is -0.900. The average Bonchev–Trinajstić information content (AvgIpc) is 2.66. The Kier molecular flexibility index (Phi) is 7.12. The number of amides is 2. The molecule has 1 fully saturated rings. The van der Waals surface area contributed by atoms with Crippen LogP contribution in [-0.2, 0) is 14.3 Å². The summed E-state index contributed by atoms with van der Waals surface area (Å²) in [6, 6.07) is 4.24. The largest absolute Gasteiger partial charge is 0.481 e. The van der Waals surface area contributed by atoms with Crippen molar-refractivity contribution in [1.29, 1.82) is 0 Å². The van der Waals surface area contributed by atoms with Crippen LogP contribution in [0.5, 0.6) is 0 Å². The Hall–Kier alpha value is -2.48. The van der Waals surface area contributed by atoms with E-state index in [0.29, 0.717) is 19.4 Å². The van der Waals surface area contributed by atoms with E-state index in [0.717, 1.165) is 0 Å². The van der Waals surface area contributed by atoms with Crippen LogP contribution >= 0.6 is 0 Å². The minimum Gasteiger partial charge on any atom is -0.481 e. The smallest absolute Gasteiger partial charge is 0.313 e. The molecule has 2 N–H and O–H groups in total. The van der Waals surface area contributed by atoms with Crippen LogP contribution in [0, 0.1) is 17.2 Å². The molecule has 2 amide bonds. The van der Waals surface area contributed by atoms with E-state index in [2.05, 4.69) is 5.32 Å². The molecule has 154 valence electrons. The molecule has 0 bridgehead atoms. The SMILES string of the molecule is COCC1(C(=O)O)CCCN(C(=O)C(NC(=O)c2ccc(F)cc2)C(C)C)C1. The van der Waals surface area contributed by atoms with Gasteiger partial charge in [0, 0.05) is 25.8 Å². The highest BCUT2D eigenvalue weighted by Crippen LogP contribution is 2.31. The molecular formula is C20H27FN2O5. The summed E-state index contributed by atoms with van der Waals surface area (Å²) in [7, 11) is 1.44. The molecule has 2 rings (SSSR count). The zero-order valence-electron chi connectivity index (χ0n) is 16.4. The van der Waals surface area contributed by atoms with Gasteiger partial charge in [-0.3, -0.25) is 14.4 Å². The average molecular weight is 394 g/mol. The number of nitrogens with zero attached hydrogens (tertiary/aromatic N) is 1. The molecular weight excluding hydrogens is 367 g/mol. The number of nitrogens with one attached hydrogen (secondary N) is 1. The van der Waals surface area contributed by atoms with Crippen LogP contribution in [0.25, 0.3) is 0 Å². The normalized spacial score (nSPS) is 20.7. The Morgan fingerprint density at radius 3 is 2.46 bits per heavy atom. The van der Waals surface area contributed by atoms with Crippen molar-refractivity contribution in [2.45, 2.75) is 32.7 Å². The van der Waals surface area contributed by atoms with Gasteiger partial charge in [-0.2, -0.15) is 0 Å². The highest BCUT2D eigenvalue weighted by molar-refractivity contribution is 5.97. The molecule has 1 aliphatic rings. The van der Waals surface area contributed by atoms with E-state index in [-0.39, 0.29) is 30.5 Å². The number of methoxy groups -OCH3 is 1. The molecule has 0 radical (unpaired) electrons. The number of likely N-dealkylation sites (tertiary alicyclic amines) is 1. The van der Waals surface area contributed by atoms with Crippen molar-refractivity contribution in [2.24, 2.45) is 11.3 Å². The number of hydrogen-bond donors (Lipinski definition) is 2. The summed E-state index contributed by atoms with van der Waals surface area (Å²) in [5, 5.41) is 12.4. The fourth-order valence-electron chi connectivity index (χ4n) is 3.49. The van der Waals surface area contributed by atoms with Crippen molar-refractivity contribution in [3.63, 3.8) is 0 Å². The van der Waals surface area contributed by atoms with Gasteiger partial charge in [0.1, 0.15) is 17.3 Å². The number of piperidine rings is 1. The van der Waals surface area contributed by atoms with Gasteiger partial charge < -0.3 is 20.1 Å². The first-order chi connectivity index (χ1) is 13.2. The number of ether oxygens (including phenoxy) is 1. The molecule has 0 spiro atoms. The quantitative estimate of drug-likeness (QED) is 0.737. The lowest BCUT2D eigenvalue weighted by atomic mass is 9.80. The molecule has 28 heavy (non-hydrogen) atoms. The first-order valence-electron chi connectivity index (χ1n) is 9.28. The number of aliphatic carboxylic acids is 1. The second-order valence-electron chi connectivity index (χ2n) is 7.58. The van der Waals surface area contributed by atoms with Crippen LogP contribution in [-0.4, -0.2) is 60.6 Å². The zero-order chi connectivity index (χ0) is 20.9. The predicted octanol–water partition coefficient (Wildman–Crippen LogP) is 1.92. The minimum atomic E-state index is -1.15. The summed E-state index contributed by atoms with van der Waals surface area (Å²) in [6.45, 7) is 4.08. The summed E-state index contributed by atoms with van der Waals surface area (Å²) < 4.78 is 18.2. The van der Waals surface area contributed by atoms with Gasteiger partial charge in [0.05, 0.1) is 6.61 Å². The highest BCUT2D eigenvalue weighted by Gasteiger charge is 2.45. The van der Waals surface area contributed by atoms with Crippen LogP contribution in [0.3, 0.4) is 0 Å². The van der Waals surface area contributed by atoms with E-state index in [1.165, 1.54) is 36.3 Å². The third kappa shape index (κ3) is 4.86. The fourth-order valence-corrected chi connectivity index (χ4v) is 3.49. The number of carboxylic acid groups (broad SMARTS) is 1. The monoisotopic (exact) mass is 394 g/mol. The Bertz CT molecular complexity index is 718. The van der Waals surface area contributed by atoms with E-state index < -0.39 is 29.2 Å². The minimum absolute atomic E-state index is 0.0143. The van der Waals surface area contributed by atoms with Crippen molar-refractivity contribution in [1.82, 2.24) is 10.2 Å². The lowest BCUT2D eigenvalue weighted by Gasteiger charge is -2.41. The second kappa shape index (κ2) is 9.14. The van der Waals surface area contributed by atoms with Gasteiger partial charge in [0.15, 0.2) is 0 Å². The molecule has 1 aromatic rings. The van der Waals surface area contributed by atoms with Gasteiger partial charge in [0.2, 0.25) is 5.91 Å². The first kappa shape index (κ1) is 21.8. The molecule has 1 saturated heterocycles. The van der Waals surface area contributed by atoms with Crippen molar-refractivity contribution in [3.05, 3.63) is 35.6 Å². The molecule has 0 aliphatic carbocycles. The molecule has 0 saturated carbocycles. The zero-order valence-corrected chi connectivity index (χ0v) is 16.4. The van der Waals surface area contributed by atoms with Gasteiger partial charge in [-0.25, -0.2) is 4.39 Å². The van der Waals surface area contributed by atoms with Gasteiger partial charge in [-0.05, 0) is 43.0 Å². The third-order valence-corrected chi connectivity index (χ3v) is 5.09. The standard InChI is InChI=1S/C20H27FN2O5/c1-13(2)16(22-17(24)14-5-7-15(21)8-6-14)18(25)23-10-4-9-20(11-23,12-28-3)19(26)27/h5-8,13,16H,4,9-12H2,1-3H3,(H,22,24)(H,26,27). The summed E-state index contributed by atoms with van der Waals surface area (Å²) >= 11 is 0. The van der Waals surface area contributed by atoms with Crippen LogP contribution in [0.2, 0.25) is 0 Å². The maximum Gasteiger partial charge on any atom is 0.313 e. The lowest BCUT2D eigenvalue weighted by Crippen LogP contribution is -2.57. The molecule has 1 aromatic carbocycles. The molecule has 7 nitrogen and oxygen atoms in total. The molecule has 8 heteroatoms. The van der Waals surface area contributed by atoms with Crippen LogP contribution in [0.15, 0.2) is 24.3 Å². The number of carboxylic acids is 1. The Morgan fingerprint density at radius 2 is 1.93 bits per heavy atom. The van der Waals surface area contributed by atoms with Gasteiger partial charge in [0.25, 0.3) is 5.91 Å². The predicted molar refractivity (Wildman–Crippen MR) is 100 cm³/mol. The lowest BCUT2D eigenvalue weighted by molar-refractivity contribution is -0.159. The molecule has 1 aliphatic heterocycles. The van der Waals surface area contributed by atoms with Crippen molar-refractivity contribution in [3.8, 4) is 0 Å². The summed E-state index contributed by atoms with van der Waals surface area (Å²) in [6.07, 6.45) is 0.965. The Labute approximate surface area is 163 Å². The number of benzene rings is 1. The van der Waals surface area contributed by atoms with E-state index in [9.17, 15) is 23.9 Å². The fraction of sp³-hybridized carbons (Fsp3) is 0.550. The Morgan fingerprint density at radius 1 is 1.29 bits per heavy atom. The maximum atomic E-state index is 13.1.